The molecule has 0 aliphatic heterocycles. The highest BCUT2D eigenvalue weighted by molar-refractivity contribution is 5.42. The number of aryl methyl sites for hydroxylation is 1. The lowest BCUT2D eigenvalue weighted by Crippen LogP contribution is -2.10. The van der Waals surface area contributed by atoms with Gasteiger partial charge in [-0.15, -0.1) is 0 Å². The lowest BCUT2D eigenvalue weighted by molar-refractivity contribution is 0.947. The minimum Gasteiger partial charge on any atom is -0.370 e. The van der Waals surface area contributed by atoms with E-state index in [9.17, 15) is 0 Å². The van der Waals surface area contributed by atoms with Gasteiger partial charge in [0.2, 0.25) is 5.95 Å². The number of anilines is 2. The summed E-state index contributed by atoms with van der Waals surface area (Å²) in [6.45, 7) is 5.61. The van der Waals surface area contributed by atoms with E-state index in [-0.39, 0.29) is 0 Å². The molecule has 0 saturated heterocycles. The van der Waals surface area contributed by atoms with Gasteiger partial charge in [0.1, 0.15) is 5.82 Å². The molecular formula is C14H19N5. The molecule has 0 fully saturated rings. The average Bonchev–Trinajstić information content (AvgIpc) is 2.40. The van der Waals surface area contributed by atoms with Gasteiger partial charge in [-0.2, -0.15) is 4.98 Å². The zero-order chi connectivity index (χ0) is 13.5. The third-order valence-electron chi connectivity index (χ3n) is 2.60. The summed E-state index contributed by atoms with van der Waals surface area (Å²) in [6.07, 6.45) is 2.69. The van der Waals surface area contributed by atoms with Crippen LogP contribution in [0, 0.1) is 6.92 Å². The van der Waals surface area contributed by atoms with E-state index in [2.05, 4.69) is 25.6 Å². The van der Waals surface area contributed by atoms with Crippen LogP contribution in [0.3, 0.4) is 0 Å². The highest BCUT2D eigenvalue weighted by Gasteiger charge is 2.01. The molecule has 19 heavy (non-hydrogen) atoms. The summed E-state index contributed by atoms with van der Waals surface area (Å²) in [5, 5.41) is 6.42. The first kappa shape index (κ1) is 13.3. The summed E-state index contributed by atoms with van der Waals surface area (Å²) in [6, 6.07) is 7.89. The van der Waals surface area contributed by atoms with E-state index in [0.29, 0.717) is 5.95 Å². The fourth-order valence-electron chi connectivity index (χ4n) is 1.76. The monoisotopic (exact) mass is 257 g/mol. The Morgan fingerprint density at radius 3 is 2.79 bits per heavy atom. The summed E-state index contributed by atoms with van der Waals surface area (Å²) in [5.74, 6) is 1.52. The molecule has 2 aromatic heterocycles. The molecule has 5 heteroatoms. The standard InChI is InChI=1S/C14H19N5/c1-3-15-14-18-11(2)10-13(19-14)17-9-7-12-6-4-5-8-16-12/h4-6,8,10H,3,7,9H2,1-2H3,(H2,15,17,18,19). The average molecular weight is 257 g/mol. The summed E-state index contributed by atoms with van der Waals surface area (Å²) >= 11 is 0. The topological polar surface area (TPSA) is 62.7 Å². The van der Waals surface area contributed by atoms with Crippen molar-refractivity contribution in [3.8, 4) is 0 Å². The van der Waals surface area contributed by atoms with Crippen molar-refractivity contribution in [1.29, 1.82) is 0 Å². The quantitative estimate of drug-likeness (QED) is 0.831. The molecule has 0 aliphatic rings. The fraction of sp³-hybridized carbons (Fsp3) is 0.357. The van der Waals surface area contributed by atoms with Crippen LogP contribution in [0.4, 0.5) is 11.8 Å². The van der Waals surface area contributed by atoms with Gasteiger partial charge in [0.05, 0.1) is 0 Å². The van der Waals surface area contributed by atoms with Crippen LogP contribution in [-0.4, -0.2) is 28.0 Å². The van der Waals surface area contributed by atoms with Crippen LogP contribution in [-0.2, 0) is 6.42 Å². The lowest BCUT2D eigenvalue weighted by Gasteiger charge is -2.08. The minimum absolute atomic E-state index is 0.669. The SMILES string of the molecule is CCNc1nc(C)cc(NCCc2ccccn2)n1. The molecular weight excluding hydrogens is 238 g/mol. The Morgan fingerprint density at radius 1 is 1.16 bits per heavy atom. The normalized spacial score (nSPS) is 10.2. The molecule has 2 aromatic rings. The van der Waals surface area contributed by atoms with Gasteiger partial charge in [0, 0.05) is 43.2 Å². The molecule has 0 atom stereocenters. The molecule has 0 aromatic carbocycles. The maximum absolute atomic E-state index is 4.40. The number of pyridine rings is 1. The first-order valence-corrected chi connectivity index (χ1v) is 6.51. The molecule has 0 radical (unpaired) electrons. The Hall–Kier alpha value is -2.17. The van der Waals surface area contributed by atoms with E-state index in [1.54, 1.807) is 0 Å². The Balaban J connectivity index is 1.92. The Labute approximate surface area is 113 Å². The number of hydrogen-bond donors (Lipinski definition) is 2. The van der Waals surface area contributed by atoms with Crippen LogP contribution in [0.5, 0.6) is 0 Å². The predicted molar refractivity (Wildman–Crippen MR) is 77.4 cm³/mol. The van der Waals surface area contributed by atoms with Crippen molar-refractivity contribution in [2.75, 3.05) is 23.7 Å². The molecule has 0 bridgehead atoms. The first-order chi connectivity index (χ1) is 9.28. The van der Waals surface area contributed by atoms with Crippen LogP contribution in [0.15, 0.2) is 30.5 Å². The molecule has 0 aliphatic carbocycles. The Kier molecular flexibility index (Phi) is 4.66. The predicted octanol–water partition coefficient (Wildman–Crippen LogP) is 2.27. The number of nitrogens with zero attached hydrogens (tertiary/aromatic N) is 3. The van der Waals surface area contributed by atoms with Gasteiger partial charge in [0.25, 0.3) is 0 Å². The maximum Gasteiger partial charge on any atom is 0.224 e. The van der Waals surface area contributed by atoms with Crippen LogP contribution in [0.25, 0.3) is 0 Å². The van der Waals surface area contributed by atoms with Crippen molar-refractivity contribution in [3.05, 3.63) is 41.9 Å². The van der Waals surface area contributed by atoms with Gasteiger partial charge in [-0.3, -0.25) is 4.98 Å². The van der Waals surface area contributed by atoms with Crippen LogP contribution in [0.1, 0.15) is 18.3 Å². The van der Waals surface area contributed by atoms with E-state index in [4.69, 9.17) is 0 Å². The molecule has 5 nitrogen and oxygen atoms in total. The molecule has 2 N–H and O–H groups in total. The van der Waals surface area contributed by atoms with E-state index in [0.717, 1.165) is 36.7 Å². The highest BCUT2D eigenvalue weighted by atomic mass is 15.1. The Morgan fingerprint density at radius 2 is 2.05 bits per heavy atom. The summed E-state index contributed by atoms with van der Waals surface area (Å²) in [7, 11) is 0. The third kappa shape index (κ3) is 4.21. The largest absolute Gasteiger partial charge is 0.370 e. The number of rotatable bonds is 6. The zero-order valence-corrected chi connectivity index (χ0v) is 11.3. The van der Waals surface area contributed by atoms with E-state index < -0.39 is 0 Å². The van der Waals surface area contributed by atoms with Crippen LogP contribution >= 0.6 is 0 Å². The summed E-state index contributed by atoms with van der Waals surface area (Å²) in [4.78, 5) is 13.0. The molecule has 0 saturated carbocycles. The maximum atomic E-state index is 4.40. The minimum atomic E-state index is 0.669. The van der Waals surface area contributed by atoms with Crippen molar-refractivity contribution < 1.29 is 0 Å². The zero-order valence-electron chi connectivity index (χ0n) is 11.3. The number of aromatic nitrogens is 3. The van der Waals surface area contributed by atoms with E-state index in [1.807, 2.05) is 44.3 Å². The van der Waals surface area contributed by atoms with Crippen LogP contribution < -0.4 is 10.6 Å². The summed E-state index contributed by atoms with van der Waals surface area (Å²) in [5.41, 5.74) is 2.03. The van der Waals surface area contributed by atoms with Gasteiger partial charge < -0.3 is 10.6 Å². The molecule has 2 heterocycles. The van der Waals surface area contributed by atoms with Gasteiger partial charge in [-0.05, 0) is 26.0 Å². The fourth-order valence-corrected chi connectivity index (χ4v) is 1.76. The first-order valence-electron chi connectivity index (χ1n) is 6.51. The van der Waals surface area contributed by atoms with Crippen molar-refractivity contribution in [1.82, 2.24) is 15.0 Å². The van der Waals surface area contributed by atoms with Gasteiger partial charge in [0.15, 0.2) is 0 Å². The second-order valence-electron chi connectivity index (χ2n) is 4.25. The second kappa shape index (κ2) is 6.68. The van der Waals surface area contributed by atoms with E-state index >= 15 is 0 Å². The van der Waals surface area contributed by atoms with Gasteiger partial charge >= 0.3 is 0 Å². The van der Waals surface area contributed by atoms with Crippen molar-refractivity contribution >= 4 is 11.8 Å². The molecule has 0 unspecified atom stereocenters. The van der Waals surface area contributed by atoms with Crippen molar-refractivity contribution in [2.24, 2.45) is 0 Å². The molecule has 2 rings (SSSR count). The number of hydrogen-bond acceptors (Lipinski definition) is 5. The Bertz CT molecular complexity index is 512. The lowest BCUT2D eigenvalue weighted by atomic mass is 10.3. The molecule has 100 valence electrons. The molecule has 0 spiro atoms. The summed E-state index contributed by atoms with van der Waals surface area (Å²) < 4.78 is 0. The highest BCUT2D eigenvalue weighted by Crippen LogP contribution is 2.09. The van der Waals surface area contributed by atoms with Gasteiger partial charge in [-0.1, -0.05) is 6.07 Å². The second-order valence-corrected chi connectivity index (χ2v) is 4.25. The third-order valence-corrected chi connectivity index (χ3v) is 2.60. The van der Waals surface area contributed by atoms with Crippen molar-refractivity contribution in [3.63, 3.8) is 0 Å². The number of nitrogens with one attached hydrogen (secondary N) is 2. The van der Waals surface area contributed by atoms with Crippen molar-refractivity contribution in [2.45, 2.75) is 20.3 Å². The molecule has 0 amide bonds. The smallest absolute Gasteiger partial charge is 0.224 e. The van der Waals surface area contributed by atoms with Crippen LogP contribution in [0.2, 0.25) is 0 Å². The van der Waals surface area contributed by atoms with E-state index in [1.165, 1.54) is 0 Å². The van der Waals surface area contributed by atoms with Gasteiger partial charge in [-0.25, -0.2) is 4.98 Å².